The van der Waals surface area contributed by atoms with Gasteiger partial charge in [0.15, 0.2) is 10.8 Å². The maximum absolute atomic E-state index is 10.7. The van der Waals surface area contributed by atoms with Gasteiger partial charge in [0.2, 0.25) is 0 Å². The van der Waals surface area contributed by atoms with Crippen LogP contribution < -0.4 is 5.32 Å². The number of anilines is 2. The highest BCUT2D eigenvalue weighted by molar-refractivity contribution is 7.14. The van der Waals surface area contributed by atoms with Crippen molar-refractivity contribution in [2.75, 3.05) is 5.32 Å². The fourth-order valence-electron chi connectivity index (χ4n) is 1.61. The average molecular weight is 276 g/mol. The summed E-state index contributed by atoms with van der Waals surface area (Å²) in [5, 5.41) is 14.0. The summed E-state index contributed by atoms with van der Waals surface area (Å²) in [5.74, 6) is -1.01. The first kappa shape index (κ1) is 13.5. The van der Waals surface area contributed by atoms with Crippen molar-refractivity contribution in [2.24, 2.45) is 0 Å². The first-order valence-corrected chi connectivity index (χ1v) is 6.80. The summed E-state index contributed by atoms with van der Waals surface area (Å²) in [6, 6.07) is 8.08. The van der Waals surface area contributed by atoms with Crippen LogP contribution in [0.3, 0.4) is 0 Å². The molecule has 0 unspecified atom stereocenters. The van der Waals surface area contributed by atoms with Gasteiger partial charge in [0.1, 0.15) is 0 Å². The van der Waals surface area contributed by atoms with Crippen LogP contribution >= 0.6 is 11.3 Å². The van der Waals surface area contributed by atoms with Crippen molar-refractivity contribution in [3.8, 4) is 0 Å². The molecule has 2 rings (SSSR count). The van der Waals surface area contributed by atoms with Crippen molar-refractivity contribution in [1.82, 2.24) is 4.98 Å². The Morgan fingerprint density at radius 2 is 1.89 bits per heavy atom. The minimum atomic E-state index is -1.01. The minimum absolute atomic E-state index is 0.0683. The van der Waals surface area contributed by atoms with E-state index in [2.05, 4.69) is 43.2 Å². The number of nitrogens with zero attached hydrogens (tertiary/aromatic N) is 1. The smallest absolute Gasteiger partial charge is 0.355 e. The quantitative estimate of drug-likeness (QED) is 0.893. The maximum atomic E-state index is 10.7. The summed E-state index contributed by atoms with van der Waals surface area (Å²) in [4.78, 5) is 14.7. The van der Waals surface area contributed by atoms with Gasteiger partial charge in [0.25, 0.3) is 0 Å². The number of carboxylic acid groups (broad SMARTS) is 1. The van der Waals surface area contributed by atoms with E-state index in [1.165, 1.54) is 22.3 Å². The molecule has 1 aromatic heterocycles. The lowest BCUT2D eigenvalue weighted by molar-refractivity contribution is 0.0691. The molecule has 0 atom stereocenters. The topological polar surface area (TPSA) is 62.2 Å². The molecule has 1 heterocycles. The zero-order valence-electron chi connectivity index (χ0n) is 11.1. The van der Waals surface area contributed by atoms with Crippen molar-refractivity contribution >= 4 is 28.1 Å². The lowest BCUT2D eigenvalue weighted by Gasteiger charge is -2.19. The maximum Gasteiger partial charge on any atom is 0.355 e. The van der Waals surface area contributed by atoms with Gasteiger partial charge in [-0.2, -0.15) is 0 Å². The molecule has 1 aromatic carbocycles. The van der Waals surface area contributed by atoms with E-state index in [1.54, 1.807) is 0 Å². The molecule has 19 heavy (non-hydrogen) atoms. The highest BCUT2D eigenvalue weighted by Gasteiger charge is 2.13. The number of benzene rings is 1. The number of carbonyl (C=O) groups is 1. The molecule has 0 radical (unpaired) electrons. The molecule has 4 nitrogen and oxygen atoms in total. The first-order valence-electron chi connectivity index (χ1n) is 5.92. The summed E-state index contributed by atoms with van der Waals surface area (Å²) < 4.78 is 0. The second kappa shape index (κ2) is 5.01. The van der Waals surface area contributed by atoms with Gasteiger partial charge in [-0.05, 0) is 23.1 Å². The standard InChI is InChI=1S/C14H16N2O2S/c1-14(2,3)9-4-6-10(7-5-9)15-13-16-11(8-19-13)12(17)18/h4-8H,1-3H3,(H,15,16)(H,17,18). The molecule has 0 spiro atoms. The summed E-state index contributed by atoms with van der Waals surface area (Å²) >= 11 is 1.28. The molecule has 2 aromatic rings. The molecule has 0 aliphatic heterocycles. The average Bonchev–Trinajstić information content (AvgIpc) is 2.77. The van der Waals surface area contributed by atoms with Crippen LogP contribution in [0.25, 0.3) is 0 Å². The number of rotatable bonds is 3. The number of thiazole rings is 1. The van der Waals surface area contributed by atoms with Gasteiger partial charge in [0, 0.05) is 11.1 Å². The Hall–Kier alpha value is -1.88. The molecular weight excluding hydrogens is 260 g/mol. The second-order valence-corrected chi connectivity index (χ2v) is 6.15. The molecule has 5 heteroatoms. The third-order valence-corrected chi connectivity index (χ3v) is 3.48. The van der Waals surface area contributed by atoms with E-state index in [9.17, 15) is 4.79 Å². The minimum Gasteiger partial charge on any atom is -0.476 e. The van der Waals surface area contributed by atoms with Crippen LogP contribution in [0, 0.1) is 0 Å². The number of carboxylic acids is 1. The van der Waals surface area contributed by atoms with E-state index in [1.807, 2.05) is 12.1 Å². The van der Waals surface area contributed by atoms with Crippen LogP contribution in [0.2, 0.25) is 0 Å². The Kier molecular flexibility index (Phi) is 3.57. The Balaban J connectivity index is 2.13. The zero-order chi connectivity index (χ0) is 14.0. The van der Waals surface area contributed by atoms with Crippen molar-refractivity contribution in [3.63, 3.8) is 0 Å². The Labute approximate surface area is 116 Å². The predicted molar refractivity (Wildman–Crippen MR) is 77.5 cm³/mol. The van der Waals surface area contributed by atoms with Gasteiger partial charge >= 0.3 is 5.97 Å². The highest BCUT2D eigenvalue weighted by Crippen LogP contribution is 2.25. The van der Waals surface area contributed by atoms with Crippen LogP contribution in [0.4, 0.5) is 10.8 Å². The SMILES string of the molecule is CC(C)(C)c1ccc(Nc2nc(C(=O)O)cs2)cc1. The van der Waals surface area contributed by atoms with E-state index in [4.69, 9.17) is 5.11 Å². The summed E-state index contributed by atoms with van der Waals surface area (Å²) in [6.07, 6.45) is 0. The fraction of sp³-hybridized carbons (Fsp3) is 0.286. The lowest BCUT2D eigenvalue weighted by Crippen LogP contribution is -2.10. The summed E-state index contributed by atoms with van der Waals surface area (Å²) in [6.45, 7) is 6.49. The number of hydrogen-bond donors (Lipinski definition) is 2. The van der Waals surface area contributed by atoms with Crippen molar-refractivity contribution in [1.29, 1.82) is 0 Å². The van der Waals surface area contributed by atoms with Gasteiger partial charge in [-0.1, -0.05) is 32.9 Å². The van der Waals surface area contributed by atoms with Crippen LogP contribution in [0.1, 0.15) is 36.8 Å². The summed E-state index contributed by atoms with van der Waals surface area (Å²) in [7, 11) is 0. The number of aromatic nitrogens is 1. The highest BCUT2D eigenvalue weighted by atomic mass is 32.1. The third kappa shape index (κ3) is 3.32. The Bertz CT molecular complexity index is 582. The molecule has 0 fully saturated rings. The van der Waals surface area contributed by atoms with Gasteiger partial charge in [-0.3, -0.25) is 0 Å². The Morgan fingerprint density at radius 1 is 1.26 bits per heavy atom. The second-order valence-electron chi connectivity index (χ2n) is 5.30. The normalized spacial score (nSPS) is 11.3. The Morgan fingerprint density at radius 3 is 2.37 bits per heavy atom. The number of aromatic carboxylic acids is 1. The van der Waals surface area contributed by atoms with E-state index < -0.39 is 5.97 Å². The van der Waals surface area contributed by atoms with E-state index >= 15 is 0 Å². The van der Waals surface area contributed by atoms with E-state index in [0.717, 1.165) is 5.69 Å². The fourth-order valence-corrected chi connectivity index (χ4v) is 2.31. The van der Waals surface area contributed by atoms with Crippen LogP contribution in [-0.4, -0.2) is 16.1 Å². The third-order valence-electron chi connectivity index (χ3n) is 2.73. The molecule has 0 aliphatic rings. The van der Waals surface area contributed by atoms with Gasteiger partial charge in [-0.15, -0.1) is 11.3 Å². The summed E-state index contributed by atoms with van der Waals surface area (Å²) in [5.41, 5.74) is 2.34. The molecular formula is C14H16N2O2S. The van der Waals surface area contributed by atoms with E-state index in [-0.39, 0.29) is 11.1 Å². The van der Waals surface area contributed by atoms with Gasteiger partial charge in [0.05, 0.1) is 0 Å². The molecule has 0 saturated heterocycles. The van der Waals surface area contributed by atoms with E-state index in [0.29, 0.717) is 5.13 Å². The molecule has 100 valence electrons. The monoisotopic (exact) mass is 276 g/mol. The largest absolute Gasteiger partial charge is 0.476 e. The molecule has 0 aliphatic carbocycles. The van der Waals surface area contributed by atoms with Gasteiger partial charge < -0.3 is 10.4 Å². The molecule has 0 amide bonds. The van der Waals surface area contributed by atoms with Crippen LogP contribution in [0.15, 0.2) is 29.6 Å². The van der Waals surface area contributed by atoms with Crippen LogP contribution in [0.5, 0.6) is 0 Å². The predicted octanol–water partition coefficient (Wildman–Crippen LogP) is 3.88. The van der Waals surface area contributed by atoms with Crippen molar-refractivity contribution in [2.45, 2.75) is 26.2 Å². The molecule has 0 saturated carbocycles. The van der Waals surface area contributed by atoms with Gasteiger partial charge in [-0.25, -0.2) is 9.78 Å². The molecule has 0 bridgehead atoms. The van der Waals surface area contributed by atoms with Crippen LogP contribution in [-0.2, 0) is 5.41 Å². The lowest BCUT2D eigenvalue weighted by atomic mass is 9.87. The molecule has 2 N–H and O–H groups in total. The van der Waals surface area contributed by atoms with Crippen molar-refractivity contribution in [3.05, 3.63) is 40.9 Å². The number of nitrogens with one attached hydrogen (secondary N) is 1. The zero-order valence-corrected chi connectivity index (χ0v) is 11.9. The van der Waals surface area contributed by atoms with Crippen molar-refractivity contribution < 1.29 is 9.90 Å². The first-order chi connectivity index (χ1) is 8.86. The number of hydrogen-bond acceptors (Lipinski definition) is 4.